The van der Waals surface area contributed by atoms with E-state index in [2.05, 4.69) is 14.6 Å². The van der Waals surface area contributed by atoms with E-state index < -0.39 is 18.0 Å². The van der Waals surface area contributed by atoms with Crippen LogP contribution in [0, 0.1) is 0 Å². The molecular formula is C15H10ClF3N4O2S2. The zero-order valence-electron chi connectivity index (χ0n) is 13.5. The molecule has 0 spiro atoms. The van der Waals surface area contributed by atoms with Gasteiger partial charge in [0, 0.05) is 12.8 Å². The van der Waals surface area contributed by atoms with Crippen LogP contribution in [0.15, 0.2) is 29.4 Å². The molecule has 0 aliphatic heterocycles. The number of hydrogen-bond acceptors (Lipinski definition) is 6. The molecule has 27 heavy (non-hydrogen) atoms. The molecule has 0 atom stereocenters. The van der Waals surface area contributed by atoms with Crippen molar-refractivity contribution in [1.29, 1.82) is 0 Å². The van der Waals surface area contributed by atoms with E-state index in [1.807, 2.05) is 0 Å². The van der Waals surface area contributed by atoms with Gasteiger partial charge in [0.25, 0.3) is 0 Å². The van der Waals surface area contributed by atoms with Crippen molar-refractivity contribution in [3.05, 3.63) is 46.4 Å². The molecule has 1 N–H and O–H groups in total. The summed E-state index contributed by atoms with van der Waals surface area (Å²) in [5.41, 5.74) is 1.42. The number of benzene rings is 1. The van der Waals surface area contributed by atoms with Crippen LogP contribution in [-0.4, -0.2) is 30.2 Å². The van der Waals surface area contributed by atoms with Crippen molar-refractivity contribution >= 4 is 40.9 Å². The van der Waals surface area contributed by atoms with E-state index in [1.165, 1.54) is 7.05 Å². The Balaban J connectivity index is 1.74. The van der Waals surface area contributed by atoms with Gasteiger partial charge in [-0.2, -0.15) is 17.5 Å². The van der Waals surface area contributed by atoms with E-state index in [4.69, 9.17) is 11.6 Å². The first-order valence-corrected chi connectivity index (χ1v) is 9.39. The van der Waals surface area contributed by atoms with Crippen LogP contribution >= 0.6 is 34.9 Å². The lowest BCUT2D eigenvalue weighted by molar-refractivity contribution is -0.147. The summed E-state index contributed by atoms with van der Waals surface area (Å²) in [4.78, 5) is 11.7. The number of thioether (sulfide) groups is 1. The van der Waals surface area contributed by atoms with Crippen molar-refractivity contribution in [3.8, 4) is 10.4 Å². The number of aromatic carboxylic acids is 1. The van der Waals surface area contributed by atoms with E-state index in [-0.39, 0.29) is 15.9 Å². The third-order valence-electron chi connectivity index (χ3n) is 3.54. The van der Waals surface area contributed by atoms with Crippen LogP contribution in [0.2, 0.25) is 5.15 Å². The largest absolute Gasteiger partial charge is 0.478 e. The van der Waals surface area contributed by atoms with Gasteiger partial charge in [0.15, 0.2) is 10.3 Å². The minimum absolute atomic E-state index is 0.0532. The number of carboxylic acids is 1. The second kappa shape index (κ2) is 7.49. The van der Waals surface area contributed by atoms with E-state index in [0.717, 1.165) is 33.4 Å². The molecule has 0 fully saturated rings. The normalized spacial score (nSPS) is 11.7. The molecule has 1 aromatic carbocycles. The maximum absolute atomic E-state index is 12.7. The van der Waals surface area contributed by atoms with Crippen molar-refractivity contribution in [2.75, 3.05) is 0 Å². The summed E-state index contributed by atoms with van der Waals surface area (Å²) < 4.78 is 43.0. The molecular weight excluding hydrogens is 425 g/mol. The predicted octanol–water partition coefficient (Wildman–Crippen LogP) is 4.60. The van der Waals surface area contributed by atoms with Crippen LogP contribution in [0.3, 0.4) is 0 Å². The van der Waals surface area contributed by atoms with Gasteiger partial charge in [0.2, 0.25) is 5.82 Å². The fraction of sp³-hybridized carbons (Fsp3) is 0.200. The maximum Gasteiger partial charge on any atom is 0.451 e. The fourth-order valence-electron chi connectivity index (χ4n) is 2.24. The Morgan fingerprint density at radius 3 is 2.52 bits per heavy atom. The molecule has 3 rings (SSSR count). The van der Waals surface area contributed by atoms with Gasteiger partial charge in [-0.15, -0.1) is 10.2 Å². The number of carbonyl (C=O) groups is 1. The minimum atomic E-state index is -4.56. The molecule has 2 aromatic heterocycles. The number of alkyl halides is 3. The second-order valence-electron chi connectivity index (χ2n) is 5.33. The van der Waals surface area contributed by atoms with Crippen LogP contribution in [0.1, 0.15) is 21.7 Å². The molecule has 0 radical (unpaired) electrons. The van der Waals surface area contributed by atoms with Crippen LogP contribution in [0.5, 0.6) is 0 Å². The van der Waals surface area contributed by atoms with Crippen molar-refractivity contribution in [1.82, 2.24) is 19.1 Å². The fourth-order valence-corrected chi connectivity index (χ4v) is 4.22. The highest BCUT2D eigenvalue weighted by Gasteiger charge is 2.37. The molecule has 2 heterocycles. The monoisotopic (exact) mass is 434 g/mol. The molecule has 6 nitrogen and oxygen atoms in total. The summed E-state index contributed by atoms with van der Waals surface area (Å²) in [5, 5.41) is 16.1. The number of rotatable bonds is 5. The zero-order chi connectivity index (χ0) is 19.8. The summed E-state index contributed by atoms with van der Waals surface area (Å²) in [6, 6.07) is 6.93. The molecule has 12 heteroatoms. The number of carboxylic acid groups (broad SMARTS) is 1. The molecule has 142 valence electrons. The summed E-state index contributed by atoms with van der Waals surface area (Å²) in [6.45, 7) is 0. The molecule has 0 aliphatic carbocycles. The molecule has 0 aliphatic rings. The Bertz CT molecular complexity index is 986. The zero-order valence-corrected chi connectivity index (χ0v) is 15.9. The Morgan fingerprint density at radius 1 is 1.30 bits per heavy atom. The summed E-state index contributed by atoms with van der Waals surface area (Å²) in [7, 11) is 1.26. The van der Waals surface area contributed by atoms with Gasteiger partial charge in [-0.3, -0.25) is 0 Å². The molecule has 0 unspecified atom stereocenters. The predicted molar refractivity (Wildman–Crippen MR) is 95.1 cm³/mol. The van der Waals surface area contributed by atoms with Crippen molar-refractivity contribution in [3.63, 3.8) is 0 Å². The van der Waals surface area contributed by atoms with E-state index in [0.29, 0.717) is 16.2 Å². The number of nitrogens with zero attached hydrogens (tertiary/aromatic N) is 4. The quantitative estimate of drug-likeness (QED) is 0.591. The second-order valence-corrected chi connectivity index (χ2v) is 7.41. The highest BCUT2D eigenvalue weighted by molar-refractivity contribution is 7.98. The Hall–Kier alpha value is -2.11. The molecule has 3 aromatic rings. The Kier molecular flexibility index (Phi) is 5.45. The average Bonchev–Trinajstić information content (AvgIpc) is 3.16. The lowest BCUT2D eigenvalue weighted by Crippen LogP contribution is -2.12. The van der Waals surface area contributed by atoms with Crippen LogP contribution < -0.4 is 0 Å². The number of aromatic nitrogens is 4. The van der Waals surface area contributed by atoms with Crippen LogP contribution in [0.4, 0.5) is 13.2 Å². The first-order valence-electron chi connectivity index (χ1n) is 7.25. The standard InChI is InChI=1S/C15H10ClF3N4O2S2/c1-23-13(15(17,18)19)20-21-14(23)26-6-7-2-4-8(5-3-7)10-9(12(24)25)11(16)22-27-10/h2-5H,6H2,1H3,(H,24,25). The first kappa shape index (κ1) is 19.6. The highest BCUT2D eigenvalue weighted by Crippen LogP contribution is 2.34. The third-order valence-corrected chi connectivity index (χ3v) is 5.90. The Labute approximate surface area is 164 Å². The van der Waals surface area contributed by atoms with Crippen molar-refractivity contribution in [2.24, 2.45) is 7.05 Å². The highest BCUT2D eigenvalue weighted by atomic mass is 35.5. The minimum Gasteiger partial charge on any atom is -0.478 e. The lowest BCUT2D eigenvalue weighted by Gasteiger charge is -2.06. The van der Waals surface area contributed by atoms with Crippen molar-refractivity contribution in [2.45, 2.75) is 17.1 Å². The summed E-state index contributed by atoms with van der Waals surface area (Å²) >= 11 is 7.91. The van der Waals surface area contributed by atoms with Gasteiger partial charge >= 0.3 is 12.1 Å². The van der Waals surface area contributed by atoms with Gasteiger partial charge in [-0.1, -0.05) is 47.6 Å². The number of halogens is 4. The molecule has 0 saturated carbocycles. The van der Waals surface area contributed by atoms with Crippen LogP contribution in [0.25, 0.3) is 10.4 Å². The van der Waals surface area contributed by atoms with E-state index in [1.54, 1.807) is 24.3 Å². The van der Waals surface area contributed by atoms with Crippen molar-refractivity contribution < 1.29 is 23.1 Å². The topological polar surface area (TPSA) is 80.9 Å². The summed E-state index contributed by atoms with van der Waals surface area (Å²) in [5.74, 6) is -1.84. The first-order chi connectivity index (χ1) is 12.7. The van der Waals surface area contributed by atoms with Gasteiger partial charge < -0.3 is 9.67 Å². The van der Waals surface area contributed by atoms with Gasteiger partial charge in [0.1, 0.15) is 5.56 Å². The SMILES string of the molecule is Cn1c(SCc2ccc(-c3snc(Cl)c3C(=O)O)cc2)nnc1C(F)(F)F. The maximum atomic E-state index is 12.7. The molecule has 0 amide bonds. The van der Waals surface area contributed by atoms with Gasteiger partial charge in [-0.25, -0.2) is 4.79 Å². The van der Waals surface area contributed by atoms with E-state index in [9.17, 15) is 23.1 Å². The van der Waals surface area contributed by atoms with Crippen LogP contribution in [-0.2, 0) is 19.0 Å². The smallest absolute Gasteiger partial charge is 0.451 e. The Morgan fingerprint density at radius 2 is 1.96 bits per heavy atom. The molecule has 0 bridgehead atoms. The summed E-state index contributed by atoms with van der Waals surface area (Å²) in [6.07, 6.45) is -4.56. The molecule has 0 saturated heterocycles. The average molecular weight is 435 g/mol. The lowest BCUT2D eigenvalue weighted by atomic mass is 10.1. The third kappa shape index (κ3) is 4.09. The van der Waals surface area contributed by atoms with Gasteiger partial charge in [-0.05, 0) is 22.7 Å². The van der Waals surface area contributed by atoms with E-state index >= 15 is 0 Å². The number of hydrogen-bond donors (Lipinski definition) is 1. The van der Waals surface area contributed by atoms with Gasteiger partial charge in [0.05, 0.1) is 4.88 Å².